The lowest BCUT2D eigenvalue weighted by atomic mass is 9.46. The van der Waals surface area contributed by atoms with Crippen molar-refractivity contribution >= 4 is 0 Å². The van der Waals surface area contributed by atoms with Gasteiger partial charge in [-0.3, -0.25) is 0 Å². The van der Waals surface area contributed by atoms with Crippen LogP contribution in [0.4, 0.5) is 0 Å². The van der Waals surface area contributed by atoms with E-state index in [0.29, 0.717) is 29.1 Å². The van der Waals surface area contributed by atoms with Gasteiger partial charge in [0.2, 0.25) is 0 Å². The summed E-state index contributed by atoms with van der Waals surface area (Å²) < 4.78 is 6.26. The molecule has 0 bridgehead atoms. The van der Waals surface area contributed by atoms with Gasteiger partial charge in [0.05, 0.1) is 0 Å². The molecule has 1 N–H and O–H groups in total. The van der Waals surface area contributed by atoms with Gasteiger partial charge in [-0.2, -0.15) is 0 Å². The molecule has 2 heteroatoms. The van der Waals surface area contributed by atoms with E-state index in [1.807, 2.05) is 6.07 Å². The van der Waals surface area contributed by atoms with Crippen molar-refractivity contribution in [3.8, 4) is 11.5 Å². The van der Waals surface area contributed by atoms with Crippen molar-refractivity contribution in [1.82, 2.24) is 0 Å². The second-order valence-electron chi connectivity index (χ2n) is 7.49. The molecule has 2 saturated carbocycles. The minimum Gasteiger partial charge on any atom is -0.508 e. The summed E-state index contributed by atoms with van der Waals surface area (Å²) in [4.78, 5) is 0. The summed E-state index contributed by atoms with van der Waals surface area (Å²) in [6, 6.07) is 4.14. The predicted molar refractivity (Wildman–Crippen MR) is 79.3 cm³/mol. The fraction of sp³-hybridized carbons (Fsp3) is 0.667. The zero-order valence-electron chi connectivity index (χ0n) is 12.6. The van der Waals surface area contributed by atoms with Crippen molar-refractivity contribution < 1.29 is 9.84 Å². The zero-order chi connectivity index (χ0) is 14.1. The van der Waals surface area contributed by atoms with E-state index in [9.17, 15) is 5.11 Å². The van der Waals surface area contributed by atoms with E-state index in [-0.39, 0.29) is 0 Å². The number of hydrogen-bond donors (Lipinski definition) is 1. The Morgan fingerprint density at radius 3 is 2.85 bits per heavy atom. The Balaban J connectivity index is 1.83. The number of rotatable bonds is 2. The molecule has 108 valence electrons. The summed E-state index contributed by atoms with van der Waals surface area (Å²) in [7, 11) is 0. The Kier molecular flexibility index (Phi) is 2.47. The number of fused-ring (bicyclic) bond motifs is 2. The first-order valence-electron chi connectivity index (χ1n) is 8.06. The number of aryl methyl sites for hydroxylation is 1. The number of aromatic hydroxyl groups is 1. The molecule has 3 aliphatic rings. The van der Waals surface area contributed by atoms with Crippen LogP contribution in [0.1, 0.15) is 57.1 Å². The van der Waals surface area contributed by atoms with Gasteiger partial charge in [-0.15, -0.1) is 0 Å². The molecule has 2 fully saturated rings. The van der Waals surface area contributed by atoms with Crippen molar-refractivity contribution in [3.05, 3.63) is 23.3 Å². The highest BCUT2D eigenvalue weighted by Gasteiger charge is 2.65. The fourth-order valence-corrected chi connectivity index (χ4v) is 5.29. The normalized spacial score (nSPS) is 35.8. The summed E-state index contributed by atoms with van der Waals surface area (Å²) >= 11 is 0. The van der Waals surface area contributed by atoms with Crippen molar-refractivity contribution in [2.75, 3.05) is 0 Å². The second kappa shape index (κ2) is 3.93. The topological polar surface area (TPSA) is 29.5 Å². The van der Waals surface area contributed by atoms with E-state index >= 15 is 0 Å². The number of phenols is 1. The molecule has 2 aliphatic carbocycles. The van der Waals surface area contributed by atoms with Gasteiger partial charge in [0.25, 0.3) is 0 Å². The smallest absolute Gasteiger partial charge is 0.127 e. The molecule has 0 spiro atoms. The van der Waals surface area contributed by atoms with E-state index < -0.39 is 0 Å². The highest BCUT2D eigenvalue weighted by atomic mass is 16.5. The van der Waals surface area contributed by atoms with Gasteiger partial charge in [-0.05, 0) is 48.3 Å². The molecule has 0 aromatic heterocycles. The summed E-state index contributed by atoms with van der Waals surface area (Å²) in [6.45, 7) is 6.91. The number of ether oxygens (including phenoxy) is 1. The minimum atomic E-state index is 0.307. The minimum absolute atomic E-state index is 0.307. The van der Waals surface area contributed by atoms with Crippen molar-refractivity contribution in [1.29, 1.82) is 0 Å². The highest BCUT2D eigenvalue weighted by molar-refractivity contribution is 5.54. The van der Waals surface area contributed by atoms with E-state index in [2.05, 4.69) is 26.8 Å². The summed E-state index contributed by atoms with van der Waals surface area (Å²) in [5.74, 6) is 3.33. The molecule has 4 rings (SSSR count). The number of benzene rings is 1. The average Bonchev–Trinajstić information content (AvgIpc) is 2.79. The molecule has 2 nitrogen and oxygen atoms in total. The standard InChI is InChI=1S/C18H24O2/c1-4-5-10-8-12(19)16-14(9-10)20-13-7-6-11-15(13)17(16)18(11,2)3/h8-9,11,13,15,17,19H,4-7H2,1-3H3/t11-,13-,15?,17?/m1/s1. The van der Waals surface area contributed by atoms with Crippen LogP contribution >= 0.6 is 0 Å². The summed E-state index contributed by atoms with van der Waals surface area (Å²) in [5.41, 5.74) is 2.60. The maximum atomic E-state index is 10.5. The molecule has 0 amide bonds. The van der Waals surface area contributed by atoms with Gasteiger partial charge in [0.1, 0.15) is 17.6 Å². The van der Waals surface area contributed by atoms with Crippen LogP contribution in [0.15, 0.2) is 12.1 Å². The zero-order valence-corrected chi connectivity index (χ0v) is 12.6. The Bertz CT molecular complexity index is 561. The first-order chi connectivity index (χ1) is 9.54. The average molecular weight is 272 g/mol. The maximum Gasteiger partial charge on any atom is 0.127 e. The van der Waals surface area contributed by atoms with Gasteiger partial charge in [0.15, 0.2) is 0 Å². The molecule has 0 radical (unpaired) electrons. The molecule has 20 heavy (non-hydrogen) atoms. The van der Waals surface area contributed by atoms with E-state index in [1.54, 1.807) is 0 Å². The highest BCUT2D eigenvalue weighted by Crippen LogP contribution is 2.71. The predicted octanol–water partition coefficient (Wildman–Crippen LogP) is 4.26. The molecule has 1 aromatic carbocycles. The Morgan fingerprint density at radius 2 is 2.10 bits per heavy atom. The van der Waals surface area contributed by atoms with E-state index in [1.165, 1.54) is 18.4 Å². The molecule has 4 atom stereocenters. The van der Waals surface area contributed by atoms with Crippen LogP contribution in [0, 0.1) is 17.3 Å². The first-order valence-corrected chi connectivity index (χ1v) is 8.06. The summed E-state index contributed by atoms with van der Waals surface area (Å²) in [5, 5.41) is 10.5. The van der Waals surface area contributed by atoms with Gasteiger partial charge < -0.3 is 9.84 Å². The lowest BCUT2D eigenvalue weighted by molar-refractivity contribution is -0.0797. The van der Waals surface area contributed by atoms with Crippen LogP contribution in [-0.2, 0) is 6.42 Å². The van der Waals surface area contributed by atoms with Crippen LogP contribution in [0.25, 0.3) is 0 Å². The molecule has 0 saturated heterocycles. The lowest BCUT2D eigenvalue weighted by Gasteiger charge is -2.59. The molecule has 1 heterocycles. The number of hydrogen-bond acceptors (Lipinski definition) is 2. The second-order valence-corrected chi connectivity index (χ2v) is 7.49. The maximum absolute atomic E-state index is 10.5. The van der Waals surface area contributed by atoms with Crippen LogP contribution in [-0.4, -0.2) is 11.2 Å². The molecular formula is C18H24O2. The lowest BCUT2D eigenvalue weighted by Crippen LogP contribution is -2.55. The van der Waals surface area contributed by atoms with Crippen molar-refractivity contribution in [2.45, 2.75) is 58.5 Å². The van der Waals surface area contributed by atoms with Gasteiger partial charge >= 0.3 is 0 Å². The fourth-order valence-electron chi connectivity index (χ4n) is 5.29. The van der Waals surface area contributed by atoms with Crippen LogP contribution in [0.5, 0.6) is 11.5 Å². The Hall–Kier alpha value is -1.18. The Morgan fingerprint density at radius 1 is 1.30 bits per heavy atom. The SMILES string of the molecule is CCCc1cc(O)c2c(c1)O[C@@H]1CC[C@@H]3C1C2C3(C)C. The van der Waals surface area contributed by atoms with Crippen LogP contribution in [0.3, 0.4) is 0 Å². The largest absolute Gasteiger partial charge is 0.508 e. The van der Waals surface area contributed by atoms with Gasteiger partial charge in [-0.1, -0.05) is 27.2 Å². The molecule has 2 unspecified atom stereocenters. The molecular weight excluding hydrogens is 248 g/mol. The van der Waals surface area contributed by atoms with Crippen molar-refractivity contribution in [2.24, 2.45) is 17.3 Å². The third kappa shape index (κ3) is 1.40. The monoisotopic (exact) mass is 272 g/mol. The van der Waals surface area contributed by atoms with Crippen LogP contribution < -0.4 is 4.74 Å². The number of phenolic OH excluding ortho intramolecular Hbond substituents is 1. The van der Waals surface area contributed by atoms with Crippen LogP contribution in [0.2, 0.25) is 0 Å². The Labute approximate surface area is 121 Å². The van der Waals surface area contributed by atoms with E-state index in [0.717, 1.165) is 30.1 Å². The quantitative estimate of drug-likeness (QED) is 0.872. The molecule has 1 aromatic rings. The molecule has 1 aliphatic heterocycles. The summed E-state index contributed by atoms with van der Waals surface area (Å²) in [6.07, 6.45) is 4.97. The van der Waals surface area contributed by atoms with Gasteiger partial charge in [0, 0.05) is 17.4 Å². The van der Waals surface area contributed by atoms with Crippen molar-refractivity contribution in [3.63, 3.8) is 0 Å². The first kappa shape index (κ1) is 12.6. The van der Waals surface area contributed by atoms with E-state index in [4.69, 9.17) is 4.74 Å². The third-order valence-electron chi connectivity index (χ3n) is 6.11. The third-order valence-corrected chi connectivity index (χ3v) is 6.11. The van der Waals surface area contributed by atoms with Gasteiger partial charge in [-0.25, -0.2) is 0 Å².